The van der Waals surface area contributed by atoms with Crippen molar-refractivity contribution in [2.45, 2.75) is 71.1 Å². The number of hydrogen-bond acceptors (Lipinski definition) is 3. The molecule has 2 rings (SSSR count). The molecule has 0 saturated heterocycles. The van der Waals surface area contributed by atoms with Crippen LogP contribution in [-0.4, -0.2) is 23.6 Å². The Morgan fingerprint density at radius 3 is 2.32 bits per heavy atom. The number of ether oxygens (including phenoxy) is 1. The number of nitrogens with one attached hydrogen (secondary N) is 2. The smallest absolute Gasteiger partial charge is 0.242 e. The van der Waals surface area contributed by atoms with Gasteiger partial charge in [0.1, 0.15) is 11.8 Å². The van der Waals surface area contributed by atoms with Crippen molar-refractivity contribution in [1.29, 1.82) is 0 Å². The van der Waals surface area contributed by atoms with Crippen LogP contribution in [0.2, 0.25) is 0 Å². The normalized spacial score (nSPS) is 17.1. The lowest BCUT2D eigenvalue weighted by atomic mass is 10.1. The third-order valence-electron chi connectivity index (χ3n) is 3.73. The Morgan fingerprint density at radius 2 is 1.77 bits per heavy atom. The Bertz CT molecular complexity index is 485. The highest BCUT2D eigenvalue weighted by Gasteiger charge is 2.19. The van der Waals surface area contributed by atoms with Crippen LogP contribution in [-0.2, 0) is 4.79 Å². The van der Waals surface area contributed by atoms with E-state index in [0.717, 1.165) is 24.3 Å². The van der Waals surface area contributed by atoms with Crippen molar-refractivity contribution in [2.24, 2.45) is 0 Å². The Hall–Kier alpha value is -1.71. The second kappa shape index (κ2) is 7.03. The van der Waals surface area contributed by atoms with E-state index in [0.29, 0.717) is 6.10 Å². The van der Waals surface area contributed by atoms with Crippen molar-refractivity contribution >= 4 is 11.6 Å². The molecule has 0 aromatic heterocycles. The quantitative estimate of drug-likeness (QED) is 0.871. The molecule has 22 heavy (non-hydrogen) atoms. The summed E-state index contributed by atoms with van der Waals surface area (Å²) in [6, 6.07) is 7.58. The number of carbonyl (C=O) groups is 1. The molecule has 1 fully saturated rings. The average Bonchev–Trinajstić information content (AvgIpc) is 2.92. The van der Waals surface area contributed by atoms with Gasteiger partial charge >= 0.3 is 0 Å². The van der Waals surface area contributed by atoms with E-state index in [1.807, 2.05) is 52.0 Å². The summed E-state index contributed by atoms with van der Waals surface area (Å²) in [6.45, 7) is 7.80. The molecule has 122 valence electrons. The summed E-state index contributed by atoms with van der Waals surface area (Å²) in [5.41, 5.74) is 0.710. The molecule has 4 nitrogen and oxygen atoms in total. The van der Waals surface area contributed by atoms with Crippen molar-refractivity contribution in [3.63, 3.8) is 0 Å². The highest BCUT2D eigenvalue weighted by atomic mass is 16.5. The molecule has 1 aromatic rings. The molecule has 1 aliphatic carbocycles. The third-order valence-corrected chi connectivity index (χ3v) is 3.73. The number of benzene rings is 1. The number of hydrogen-bond donors (Lipinski definition) is 2. The Balaban J connectivity index is 1.86. The average molecular weight is 304 g/mol. The number of anilines is 1. The molecular weight excluding hydrogens is 276 g/mol. The summed E-state index contributed by atoms with van der Waals surface area (Å²) in [5, 5.41) is 6.19. The Kier molecular flexibility index (Phi) is 5.33. The summed E-state index contributed by atoms with van der Waals surface area (Å²) in [5.74, 6) is 0.906. The summed E-state index contributed by atoms with van der Waals surface area (Å²) < 4.78 is 5.94. The summed E-state index contributed by atoms with van der Waals surface area (Å²) in [4.78, 5) is 12.1. The first-order chi connectivity index (χ1) is 10.3. The van der Waals surface area contributed by atoms with E-state index in [1.54, 1.807) is 0 Å². The molecule has 1 aromatic carbocycles. The van der Waals surface area contributed by atoms with Gasteiger partial charge in [-0.25, -0.2) is 0 Å². The van der Waals surface area contributed by atoms with E-state index in [9.17, 15) is 4.79 Å². The lowest BCUT2D eigenvalue weighted by Crippen LogP contribution is -2.47. The monoisotopic (exact) mass is 304 g/mol. The second-order valence-electron chi connectivity index (χ2n) is 7.15. The molecule has 2 N–H and O–H groups in total. The minimum absolute atomic E-state index is 0.00113. The Labute approximate surface area is 133 Å². The fourth-order valence-corrected chi connectivity index (χ4v) is 2.62. The van der Waals surface area contributed by atoms with Crippen molar-refractivity contribution in [3.05, 3.63) is 24.3 Å². The highest BCUT2D eigenvalue weighted by Crippen LogP contribution is 2.25. The first-order valence-corrected chi connectivity index (χ1v) is 8.19. The van der Waals surface area contributed by atoms with Gasteiger partial charge in [0.15, 0.2) is 0 Å². The molecule has 1 saturated carbocycles. The maximum absolute atomic E-state index is 12.1. The van der Waals surface area contributed by atoms with Gasteiger partial charge in [0, 0.05) is 11.2 Å². The maximum Gasteiger partial charge on any atom is 0.242 e. The molecule has 1 unspecified atom stereocenters. The second-order valence-corrected chi connectivity index (χ2v) is 7.15. The molecule has 0 aliphatic heterocycles. The first kappa shape index (κ1) is 16.7. The molecule has 1 atom stereocenters. The summed E-state index contributed by atoms with van der Waals surface area (Å²) in [6.07, 6.45) is 5.22. The van der Waals surface area contributed by atoms with E-state index in [2.05, 4.69) is 10.6 Å². The fraction of sp³-hybridized carbons (Fsp3) is 0.611. The van der Waals surface area contributed by atoms with Gasteiger partial charge in [-0.2, -0.15) is 0 Å². The third kappa shape index (κ3) is 5.24. The van der Waals surface area contributed by atoms with E-state index in [1.165, 1.54) is 12.8 Å². The van der Waals surface area contributed by atoms with Crippen LogP contribution in [0.25, 0.3) is 0 Å². The van der Waals surface area contributed by atoms with E-state index >= 15 is 0 Å². The van der Waals surface area contributed by atoms with Gasteiger partial charge in [0.2, 0.25) is 5.91 Å². The van der Waals surface area contributed by atoms with Crippen LogP contribution in [0.5, 0.6) is 5.75 Å². The van der Waals surface area contributed by atoms with Crippen LogP contribution < -0.4 is 15.4 Å². The number of carbonyl (C=O) groups excluding carboxylic acids is 1. The van der Waals surface area contributed by atoms with Gasteiger partial charge in [0.05, 0.1) is 6.10 Å². The Morgan fingerprint density at radius 1 is 1.18 bits per heavy atom. The van der Waals surface area contributed by atoms with Crippen LogP contribution in [0.15, 0.2) is 24.3 Å². The lowest BCUT2D eigenvalue weighted by Gasteiger charge is -2.24. The topological polar surface area (TPSA) is 50.4 Å². The van der Waals surface area contributed by atoms with Crippen LogP contribution in [0.1, 0.15) is 53.4 Å². The van der Waals surface area contributed by atoms with Gasteiger partial charge in [-0.15, -0.1) is 0 Å². The SMILES string of the molecule is CC(Nc1ccc(OC2CCCC2)cc1)C(=O)NC(C)(C)C. The van der Waals surface area contributed by atoms with Gasteiger partial charge in [-0.3, -0.25) is 4.79 Å². The fourth-order valence-electron chi connectivity index (χ4n) is 2.62. The molecule has 0 radical (unpaired) electrons. The van der Waals surface area contributed by atoms with Crippen molar-refractivity contribution in [2.75, 3.05) is 5.32 Å². The van der Waals surface area contributed by atoms with Gasteiger partial charge in [-0.05, 0) is 77.6 Å². The minimum Gasteiger partial charge on any atom is -0.490 e. The van der Waals surface area contributed by atoms with Crippen LogP contribution in [0.3, 0.4) is 0 Å². The standard InChI is InChI=1S/C18H28N2O2/c1-13(17(21)20-18(2,3)4)19-14-9-11-16(12-10-14)22-15-7-5-6-8-15/h9-13,15,19H,5-8H2,1-4H3,(H,20,21). The largest absolute Gasteiger partial charge is 0.490 e. The van der Waals surface area contributed by atoms with Crippen molar-refractivity contribution in [1.82, 2.24) is 5.32 Å². The van der Waals surface area contributed by atoms with E-state index in [-0.39, 0.29) is 17.5 Å². The zero-order chi connectivity index (χ0) is 16.2. The molecular formula is C18H28N2O2. The zero-order valence-corrected chi connectivity index (χ0v) is 14.1. The first-order valence-electron chi connectivity index (χ1n) is 8.19. The molecule has 0 spiro atoms. The summed E-state index contributed by atoms with van der Waals surface area (Å²) >= 11 is 0. The van der Waals surface area contributed by atoms with Crippen molar-refractivity contribution < 1.29 is 9.53 Å². The molecule has 4 heteroatoms. The maximum atomic E-state index is 12.1. The van der Waals surface area contributed by atoms with Crippen LogP contribution in [0, 0.1) is 0 Å². The van der Waals surface area contributed by atoms with E-state index < -0.39 is 0 Å². The number of rotatable bonds is 5. The molecule has 1 aliphatic rings. The molecule has 0 heterocycles. The minimum atomic E-state index is -0.277. The van der Waals surface area contributed by atoms with Crippen LogP contribution >= 0.6 is 0 Å². The predicted octanol–water partition coefficient (Wildman–Crippen LogP) is 3.72. The van der Waals surface area contributed by atoms with E-state index in [4.69, 9.17) is 4.74 Å². The van der Waals surface area contributed by atoms with Crippen molar-refractivity contribution in [3.8, 4) is 5.75 Å². The van der Waals surface area contributed by atoms with Gasteiger partial charge < -0.3 is 15.4 Å². The van der Waals surface area contributed by atoms with Gasteiger partial charge in [0.25, 0.3) is 0 Å². The summed E-state index contributed by atoms with van der Waals surface area (Å²) in [7, 11) is 0. The molecule has 1 amide bonds. The number of amides is 1. The van der Waals surface area contributed by atoms with Crippen LogP contribution in [0.4, 0.5) is 5.69 Å². The van der Waals surface area contributed by atoms with Gasteiger partial charge in [-0.1, -0.05) is 0 Å². The zero-order valence-electron chi connectivity index (χ0n) is 14.1. The molecule has 0 bridgehead atoms. The predicted molar refractivity (Wildman–Crippen MR) is 90.3 cm³/mol. The highest BCUT2D eigenvalue weighted by molar-refractivity contribution is 5.84. The lowest BCUT2D eigenvalue weighted by molar-refractivity contribution is -0.122.